The van der Waals surface area contributed by atoms with Gasteiger partial charge >= 0.3 is 0 Å². The van der Waals surface area contributed by atoms with Crippen LogP contribution in [0.5, 0.6) is 11.5 Å². The van der Waals surface area contributed by atoms with E-state index >= 15 is 0 Å². The van der Waals surface area contributed by atoms with Crippen molar-refractivity contribution in [2.75, 3.05) is 36.5 Å². The van der Waals surface area contributed by atoms with Crippen LogP contribution in [0.3, 0.4) is 0 Å². The van der Waals surface area contributed by atoms with Crippen LogP contribution in [0.15, 0.2) is 16.6 Å². The van der Waals surface area contributed by atoms with E-state index in [1.807, 2.05) is 6.92 Å². The lowest BCUT2D eigenvalue weighted by molar-refractivity contribution is -0.118. The van der Waals surface area contributed by atoms with Gasteiger partial charge in [0.05, 0.1) is 22.7 Å². The molecule has 2 N–H and O–H groups in total. The third kappa shape index (κ3) is 4.92. The number of halogens is 1. The summed E-state index contributed by atoms with van der Waals surface area (Å²) in [6, 6.07) is 5.23. The van der Waals surface area contributed by atoms with E-state index in [9.17, 15) is 4.79 Å². The normalized spacial score (nSPS) is 13.7. The highest BCUT2D eigenvalue weighted by atomic mass is 79.9. The van der Waals surface area contributed by atoms with Gasteiger partial charge in [-0.3, -0.25) is 10.1 Å². The number of amides is 1. The van der Waals surface area contributed by atoms with Crippen LogP contribution in [-0.2, 0) is 4.79 Å². The van der Waals surface area contributed by atoms with Gasteiger partial charge in [-0.05, 0) is 48.2 Å². The van der Waals surface area contributed by atoms with E-state index < -0.39 is 0 Å². The van der Waals surface area contributed by atoms with Crippen molar-refractivity contribution in [2.24, 2.45) is 0 Å². The maximum Gasteiger partial charge on any atom is 0.264 e. The van der Waals surface area contributed by atoms with Crippen molar-refractivity contribution in [1.82, 2.24) is 15.2 Å². The molecule has 1 saturated heterocycles. The lowest BCUT2D eigenvalue weighted by Crippen LogP contribution is -2.30. The van der Waals surface area contributed by atoms with Crippen LogP contribution in [0.4, 0.5) is 11.9 Å². The topological polar surface area (TPSA) is 116 Å². The van der Waals surface area contributed by atoms with Crippen molar-refractivity contribution in [3.8, 4) is 17.6 Å². The Morgan fingerprint density at radius 1 is 1.36 bits per heavy atom. The summed E-state index contributed by atoms with van der Waals surface area (Å²) >= 11 is 3.35. The first kappa shape index (κ1) is 19.9. The van der Waals surface area contributed by atoms with Gasteiger partial charge < -0.3 is 14.4 Å². The average Bonchev–Trinajstić information content (AvgIpc) is 3.16. The molecule has 0 radical (unpaired) electrons. The molecule has 10 heteroatoms. The first-order valence-corrected chi connectivity index (χ1v) is 9.86. The van der Waals surface area contributed by atoms with Crippen LogP contribution in [0, 0.1) is 11.3 Å². The number of nitrogens with one attached hydrogen (secondary N) is 2. The molecule has 28 heavy (non-hydrogen) atoms. The number of hydrogen-bond donors (Lipinski definition) is 2. The molecule has 1 fully saturated rings. The third-order valence-electron chi connectivity index (χ3n) is 4.16. The van der Waals surface area contributed by atoms with E-state index in [1.165, 1.54) is 6.42 Å². The molecule has 9 nitrogen and oxygen atoms in total. The van der Waals surface area contributed by atoms with Crippen LogP contribution >= 0.6 is 15.9 Å². The molecule has 1 aromatic carbocycles. The molecule has 1 aliphatic heterocycles. The lowest BCUT2D eigenvalue weighted by atomic mass is 10.1. The largest absolute Gasteiger partial charge is 0.490 e. The second kappa shape index (κ2) is 9.41. The molecular formula is C18H21BrN6O3. The molecular weight excluding hydrogens is 428 g/mol. The van der Waals surface area contributed by atoms with Gasteiger partial charge in [-0.25, -0.2) is 5.10 Å². The molecule has 1 aliphatic rings. The van der Waals surface area contributed by atoms with Crippen molar-refractivity contribution in [3.63, 3.8) is 0 Å². The fraction of sp³-hybridized carbons (Fsp3) is 0.444. The maximum absolute atomic E-state index is 12.2. The Labute approximate surface area is 171 Å². The van der Waals surface area contributed by atoms with E-state index in [0.29, 0.717) is 34.1 Å². The highest BCUT2D eigenvalue weighted by Gasteiger charge is 2.17. The predicted octanol–water partition coefficient (Wildman–Crippen LogP) is 2.85. The third-order valence-corrected chi connectivity index (χ3v) is 4.75. The number of hydrogen-bond acceptors (Lipinski definition) is 7. The number of ether oxygens (including phenoxy) is 2. The second-order valence-corrected chi connectivity index (χ2v) is 7.05. The van der Waals surface area contributed by atoms with E-state index in [2.05, 4.69) is 47.4 Å². The quantitative estimate of drug-likeness (QED) is 0.668. The van der Waals surface area contributed by atoms with Crippen LogP contribution in [0.2, 0.25) is 0 Å². The highest BCUT2D eigenvalue weighted by Crippen LogP contribution is 2.36. The zero-order valence-corrected chi connectivity index (χ0v) is 17.1. The molecule has 2 aromatic rings. The first-order chi connectivity index (χ1) is 13.6. The zero-order chi connectivity index (χ0) is 19.9. The maximum atomic E-state index is 12.2. The lowest BCUT2D eigenvalue weighted by Gasteiger charge is -2.24. The summed E-state index contributed by atoms with van der Waals surface area (Å²) in [7, 11) is 0. The number of nitriles is 1. The van der Waals surface area contributed by atoms with Crippen molar-refractivity contribution < 1.29 is 14.3 Å². The van der Waals surface area contributed by atoms with Crippen LogP contribution in [-0.4, -0.2) is 47.4 Å². The SMILES string of the molecule is CCOc1cc(C#N)cc(Br)c1OCC(=O)Nc1nc(N2CCCCC2)n[nH]1. The molecule has 0 bridgehead atoms. The molecule has 0 aliphatic carbocycles. The minimum atomic E-state index is -0.389. The molecule has 1 aromatic heterocycles. The van der Waals surface area contributed by atoms with Gasteiger partial charge in [0.25, 0.3) is 5.91 Å². The standard InChI is InChI=1S/C18H21BrN6O3/c1-2-27-14-9-12(10-20)8-13(19)16(14)28-11-15(26)21-17-22-18(24-23-17)25-6-4-3-5-7-25/h8-9H,2-7,11H2,1H3,(H2,21,22,23,24,26). The molecule has 0 atom stereocenters. The van der Waals surface area contributed by atoms with Gasteiger partial charge in [0.2, 0.25) is 11.9 Å². The summed E-state index contributed by atoms with van der Waals surface area (Å²) in [6.45, 7) is 3.82. The number of anilines is 2. The van der Waals surface area contributed by atoms with Crippen LogP contribution in [0.1, 0.15) is 31.7 Å². The van der Waals surface area contributed by atoms with Crippen LogP contribution in [0.25, 0.3) is 0 Å². The van der Waals surface area contributed by atoms with Crippen LogP contribution < -0.4 is 19.7 Å². The number of H-pyrrole nitrogens is 1. The smallest absolute Gasteiger partial charge is 0.264 e. The van der Waals surface area contributed by atoms with Crippen molar-refractivity contribution in [2.45, 2.75) is 26.2 Å². The van der Waals surface area contributed by atoms with Gasteiger partial charge in [-0.15, -0.1) is 5.10 Å². The Morgan fingerprint density at radius 3 is 2.86 bits per heavy atom. The molecule has 2 heterocycles. The summed E-state index contributed by atoms with van der Waals surface area (Å²) in [5.74, 6) is 1.23. The number of aromatic amines is 1. The summed E-state index contributed by atoms with van der Waals surface area (Å²) in [5.41, 5.74) is 0.430. The summed E-state index contributed by atoms with van der Waals surface area (Å²) in [5, 5.41) is 18.6. The number of benzene rings is 1. The first-order valence-electron chi connectivity index (χ1n) is 9.07. The van der Waals surface area contributed by atoms with E-state index in [1.54, 1.807) is 12.1 Å². The molecule has 0 saturated carbocycles. The Kier molecular flexibility index (Phi) is 6.71. The summed E-state index contributed by atoms with van der Waals surface area (Å²) < 4.78 is 11.7. The number of nitrogens with zero attached hydrogens (tertiary/aromatic N) is 4. The van der Waals surface area contributed by atoms with Crippen molar-refractivity contribution in [1.29, 1.82) is 5.26 Å². The van der Waals surface area contributed by atoms with Gasteiger partial charge in [0, 0.05) is 19.2 Å². The summed E-state index contributed by atoms with van der Waals surface area (Å²) in [4.78, 5) is 18.6. The van der Waals surface area contributed by atoms with E-state index in [-0.39, 0.29) is 18.5 Å². The second-order valence-electron chi connectivity index (χ2n) is 6.20. The van der Waals surface area contributed by atoms with Gasteiger partial charge in [0.15, 0.2) is 18.1 Å². The Morgan fingerprint density at radius 2 is 2.14 bits per heavy atom. The molecule has 1 amide bonds. The number of aromatic nitrogens is 3. The average molecular weight is 449 g/mol. The van der Waals surface area contributed by atoms with Gasteiger partial charge in [-0.2, -0.15) is 10.2 Å². The van der Waals surface area contributed by atoms with E-state index in [4.69, 9.17) is 14.7 Å². The Balaban J connectivity index is 1.60. The highest BCUT2D eigenvalue weighted by molar-refractivity contribution is 9.10. The predicted molar refractivity (Wildman–Crippen MR) is 107 cm³/mol. The Hall–Kier alpha value is -2.80. The summed E-state index contributed by atoms with van der Waals surface area (Å²) in [6.07, 6.45) is 3.45. The number of piperidine rings is 1. The van der Waals surface area contributed by atoms with Crippen molar-refractivity contribution in [3.05, 3.63) is 22.2 Å². The minimum Gasteiger partial charge on any atom is -0.490 e. The minimum absolute atomic E-state index is 0.246. The fourth-order valence-corrected chi connectivity index (χ4v) is 3.44. The molecule has 0 unspecified atom stereocenters. The van der Waals surface area contributed by atoms with E-state index in [0.717, 1.165) is 25.9 Å². The number of carbonyl (C=O) groups is 1. The molecule has 0 spiro atoms. The van der Waals surface area contributed by atoms with Crippen molar-refractivity contribution >= 4 is 33.7 Å². The fourth-order valence-electron chi connectivity index (χ4n) is 2.89. The number of rotatable bonds is 7. The number of carbonyl (C=O) groups excluding carboxylic acids is 1. The molecule has 3 rings (SSSR count). The van der Waals surface area contributed by atoms with Gasteiger partial charge in [0.1, 0.15) is 0 Å². The monoisotopic (exact) mass is 448 g/mol. The molecule has 148 valence electrons. The zero-order valence-electron chi connectivity index (χ0n) is 15.5. The van der Waals surface area contributed by atoms with Gasteiger partial charge in [-0.1, -0.05) is 0 Å². The Bertz CT molecular complexity index is 873.